The highest BCUT2D eigenvalue weighted by Crippen LogP contribution is 2.29. The van der Waals surface area contributed by atoms with E-state index in [0.717, 1.165) is 5.39 Å². The van der Waals surface area contributed by atoms with E-state index in [-0.39, 0.29) is 11.3 Å². The number of amides is 1. The van der Waals surface area contributed by atoms with Gasteiger partial charge in [0.05, 0.1) is 0 Å². The number of rotatable bonds is 5. The lowest BCUT2D eigenvalue weighted by molar-refractivity contribution is -0.128. The SMILES string of the molecule is C=CCNC(=O)[C@H](C)OC(=O)c1ccc2ccccc2c1O. The van der Waals surface area contributed by atoms with E-state index in [1.54, 1.807) is 18.2 Å². The van der Waals surface area contributed by atoms with Crippen molar-refractivity contribution < 1.29 is 19.4 Å². The Morgan fingerprint density at radius 2 is 2.05 bits per heavy atom. The molecule has 0 saturated carbocycles. The van der Waals surface area contributed by atoms with Gasteiger partial charge in [0.15, 0.2) is 6.10 Å². The number of phenolic OH excluding ortho intramolecular Hbond substituents is 1. The first-order valence-electron chi connectivity index (χ1n) is 6.85. The van der Waals surface area contributed by atoms with Crippen molar-refractivity contribution in [1.82, 2.24) is 5.32 Å². The zero-order chi connectivity index (χ0) is 16.1. The van der Waals surface area contributed by atoms with Gasteiger partial charge in [-0.05, 0) is 18.4 Å². The fourth-order valence-electron chi connectivity index (χ4n) is 2.01. The number of nitrogens with one attached hydrogen (secondary N) is 1. The van der Waals surface area contributed by atoms with Gasteiger partial charge in [0.2, 0.25) is 0 Å². The van der Waals surface area contributed by atoms with Crippen LogP contribution < -0.4 is 5.32 Å². The van der Waals surface area contributed by atoms with Crippen LogP contribution in [0, 0.1) is 0 Å². The van der Waals surface area contributed by atoms with E-state index in [9.17, 15) is 14.7 Å². The van der Waals surface area contributed by atoms with Crippen LogP contribution in [-0.4, -0.2) is 29.6 Å². The van der Waals surface area contributed by atoms with Crippen LogP contribution in [0.3, 0.4) is 0 Å². The molecule has 0 radical (unpaired) electrons. The third kappa shape index (κ3) is 3.25. The molecule has 0 fully saturated rings. The summed E-state index contributed by atoms with van der Waals surface area (Å²) in [6, 6.07) is 10.3. The van der Waals surface area contributed by atoms with E-state index >= 15 is 0 Å². The van der Waals surface area contributed by atoms with Crippen molar-refractivity contribution in [3.63, 3.8) is 0 Å². The fourth-order valence-corrected chi connectivity index (χ4v) is 2.01. The fraction of sp³-hybridized carbons (Fsp3) is 0.176. The maximum Gasteiger partial charge on any atom is 0.342 e. The van der Waals surface area contributed by atoms with Gasteiger partial charge in [0.25, 0.3) is 5.91 Å². The number of carbonyl (C=O) groups is 2. The van der Waals surface area contributed by atoms with Crippen LogP contribution in [0.1, 0.15) is 17.3 Å². The summed E-state index contributed by atoms with van der Waals surface area (Å²) in [5.74, 6) is -1.32. The van der Waals surface area contributed by atoms with Gasteiger partial charge >= 0.3 is 5.97 Å². The summed E-state index contributed by atoms with van der Waals surface area (Å²) in [5.41, 5.74) is 0.0297. The minimum Gasteiger partial charge on any atom is -0.506 e. The highest BCUT2D eigenvalue weighted by atomic mass is 16.5. The monoisotopic (exact) mass is 299 g/mol. The first-order valence-corrected chi connectivity index (χ1v) is 6.85. The zero-order valence-corrected chi connectivity index (χ0v) is 12.2. The number of benzene rings is 2. The molecular formula is C17H17NO4. The van der Waals surface area contributed by atoms with Crippen LogP contribution in [-0.2, 0) is 9.53 Å². The molecule has 1 amide bonds. The number of hydrogen-bond acceptors (Lipinski definition) is 4. The highest BCUT2D eigenvalue weighted by molar-refractivity contribution is 6.01. The van der Waals surface area contributed by atoms with Crippen LogP contribution in [0.15, 0.2) is 49.1 Å². The van der Waals surface area contributed by atoms with Gasteiger partial charge < -0.3 is 15.2 Å². The molecule has 5 heteroatoms. The molecule has 0 aliphatic carbocycles. The standard InChI is InChI=1S/C17H17NO4/c1-3-10-18-16(20)11(2)22-17(21)14-9-8-12-6-4-5-7-13(12)15(14)19/h3-9,11,19H,1,10H2,2H3,(H,18,20)/t11-/m0/s1. The molecule has 0 heterocycles. The van der Waals surface area contributed by atoms with E-state index in [0.29, 0.717) is 11.9 Å². The molecule has 2 N–H and O–H groups in total. The van der Waals surface area contributed by atoms with Crippen LogP contribution in [0.5, 0.6) is 5.75 Å². The van der Waals surface area contributed by atoms with Crippen LogP contribution in [0.4, 0.5) is 0 Å². The largest absolute Gasteiger partial charge is 0.506 e. The molecule has 0 saturated heterocycles. The summed E-state index contributed by atoms with van der Waals surface area (Å²) in [6.45, 7) is 5.25. The number of esters is 1. The van der Waals surface area contributed by atoms with E-state index in [2.05, 4.69) is 11.9 Å². The van der Waals surface area contributed by atoms with Crippen molar-refractivity contribution in [1.29, 1.82) is 0 Å². The van der Waals surface area contributed by atoms with Crippen molar-refractivity contribution in [2.45, 2.75) is 13.0 Å². The molecule has 2 aromatic carbocycles. The van der Waals surface area contributed by atoms with E-state index in [4.69, 9.17) is 4.74 Å². The number of ether oxygens (including phenoxy) is 1. The van der Waals surface area contributed by atoms with Gasteiger partial charge in [-0.25, -0.2) is 4.79 Å². The molecule has 1 atom stereocenters. The molecule has 0 unspecified atom stereocenters. The van der Waals surface area contributed by atoms with Crippen molar-refractivity contribution in [2.24, 2.45) is 0 Å². The number of fused-ring (bicyclic) bond motifs is 1. The molecule has 2 aromatic rings. The van der Waals surface area contributed by atoms with Gasteiger partial charge in [-0.2, -0.15) is 0 Å². The van der Waals surface area contributed by atoms with E-state index in [1.165, 1.54) is 19.1 Å². The number of phenols is 1. The summed E-state index contributed by atoms with van der Waals surface area (Å²) in [4.78, 5) is 23.8. The van der Waals surface area contributed by atoms with Crippen molar-refractivity contribution >= 4 is 22.6 Å². The lowest BCUT2D eigenvalue weighted by atomic mass is 10.1. The molecule has 22 heavy (non-hydrogen) atoms. The Kier molecular flexibility index (Phi) is 4.78. The maximum atomic E-state index is 12.1. The first kappa shape index (κ1) is 15.6. The lowest BCUT2D eigenvalue weighted by Crippen LogP contribution is -2.35. The van der Waals surface area contributed by atoms with E-state index in [1.807, 2.05) is 12.1 Å². The Bertz CT molecular complexity index is 724. The molecular weight excluding hydrogens is 282 g/mol. The van der Waals surface area contributed by atoms with Crippen LogP contribution in [0.2, 0.25) is 0 Å². The van der Waals surface area contributed by atoms with Gasteiger partial charge in [-0.3, -0.25) is 4.79 Å². The first-order chi connectivity index (χ1) is 10.5. The van der Waals surface area contributed by atoms with Gasteiger partial charge in [0.1, 0.15) is 11.3 Å². The molecule has 5 nitrogen and oxygen atoms in total. The number of aromatic hydroxyl groups is 1. The minimum absolute atomic E-state index is 0.0297. The Balaban J connectivity index is 2.18. The van der Waals surface area contributed by atoms with Crippen LogP contribution >= 0.6 is 0 Å². The topological polar surface area (TPSA) is 75.6 Å². The maximum absolute atomic E-state index is 12.1. The summed E-state index contributed by atoms with van der Waals surface area (Å²) in [7, 11) is 0. The molecule has 0 bridgehead atoms. The molecule has 0 aliphatic heterocycles. The van der Waals surface area contributed by atoms with Crippen molar-refractivity contribution in [2.75, 3.05) is 6.54 Å². The Hall–Kier alpha value is -2.82. The highest BCUT2D eigenvalue weighted by Gasteiger charge is 2.21. The second-order valence-electron chi connectivity index (χ2n) is 4.76. The molecule has 114 valence electrons. The number of hydrogen-bond donors (Lipinski definition) is 2. The predicted molar refractivity (Wildman–Crippen MR) is 83.7 cm³/mol. The van der Waals surface area contributed by atoms with Gasteiger partial charge in [-0.15, -0.1) is 6.58 Å². The third-order valence-electron chi connectivity index (χ3n) is 3.19. The average molecular weight is 299 g/mol. The summed E-state index contributed by atoms with van der Waals surface area (Å²) >= 11 is 0. The zero-order valence-electron chi connectivity index (χ0n) is 12.2. The molecule has 0 spiro atoms. The van der Waals surface area contributed by atoms with E-state index < -0.39 is 18.0 Å². The summed E-state index contributed by atoms with van der Waals surface area (Å²) in [5, 5.41) is 14.1. The Morgan fingerprint density at radius 3 is 2.77 bits per heavy atom. The Morgan fingerprint density at radius 1 is 1.32 bits per heavy atom. The quantitative estimate of drug-likeness (QED) is 0.656. The number of carbonyl (C=O) groups excluding carboxylic acids is 2. The molecule has 0 aliphatic rings. The van der Waals surface area contributed by atoms with Crippen molar-refractivity contribution in [3.8, 4) is 5.75 Å². The van der Waals surface area contributed by atoms with Gasteiger partial charge in [-0.1, -0.05) is 36.4 Å². The van der Waals surface area contributed by atoms with Crippen molar-refractivity contribution in [3.05, 3.63) is 54.6 Å². The molecule has 0 aromatic heterocycles. The average Bonchev–Trinajstić information content (AvgIpc) is 2.52. The minimum atomic E-state index is -0.960. The summed E-state index contributed by atoms with van der Waals surface area (Å²) < 4.78 is 5.08. The van der Waals surface area contributed by atoms with Crippen LogP contribution in [0.25, 0.3) is 10.8 Å². The Labute approximate surface area is 128 Å². The lowest BCUT2D eigenvalue weighted by Gasteiger charge is -2.14. The second kappa shape index (κ2) is 6.76. The molecule has 2 rings (SSSR count). The smallest absolute Gasteiger partial charge is 0.342 e. The second-order valence-corrected chi connectivity index (χ2v) is 4.76. The normalized spacial score (nSPS) is 11.7. The third-order valence-corrected chi connectivity index (χ3v) is 3.19. The summed E-state index contributed by atoms with van der Waals surface area (Å²) in [6.07, 6.45) is 0.569. The van der Waals surface area contributed by atoms with Gasteiger partial charge in [0, 0.05) is 11.9 Å². The predicted octanol–water partition coefficient (Wildman–Crippen LogP) is 2.39.